The van der Waals surface area contributed by atoms with Crippen molar-refractivity contribution in [3.8, 4) is 6.07 Å². The summed E-state index contributed by atoms with van der Waals surface area (Å²) in [5.74, 6) is -0.244. The van der Waals surface area contributed by atoms with Gasteiger partial charge >= 0.3 is 0 Å². The molecular weight excluding hydrogens is 214 g/mol. The summed E-state index contributed by atoms with van der Waals surface area (Å²) in [6.45, 7) is 0.454. The third-order valence-electron chi connectivity index (χ3n) is 2.41. The Morgan fingerprint density at radius 2 is 2.06 bits per heavy atom. The van der Waals surface area contributed by atoms with Crippen molar-refractivity contribution in [2.24, 2.45) is 0 Å². The fourth-order valence-electron chi connectivity index (χ4n) is 1.52. The molecule has 0 spiro atoms. The lowest BCUT2D eigenvalue weighted by Gasteiger charge is -2.03. The molecule has 0 fully saturated rings. The van der Waals surface area contributed by atoms with Crippen LogP contribution in [0.4, 0.5) is 0 Å². The highest BCUT2D eigenvalue weighted by atomic mass is 16.1. The molecule has 0 saturated heterocycles. The summed E-state index contributed by atoms with van der Waals surface area (Å²) >= 11 is 0. The molecule has 0 aliphatic heterocycles. The normalized spacial score (nSPS) is 9.59. The first kappa shape index (κ1) is 11.0. The highest BCUT2D eigenvalue weighted by Gasteiger charge is 2.11. The number of carbonyl (C=O) groups excluding carboxylic acids is 1. The van der Waals surface area contributed by atoms with Crippen molar-refractivity contribution >= 4 is 5.91 Å². The fourth-order valence-corrected chi connectivity index (χ4v) is 1.52. The Morgan fingerprint density at radius 3 is 2.76 bits per heavy atom. The van der Waals surface area contributed by atoms with E-state index in [2.05, 4.69) is 10.3 Å². The molecule has 0 aliphatic carbocycles. The highest BCUT2D eigenvalue weighted by molar-refractivity contribution is 5.96. The van der Waals surface area contributed by atoms with Gasteiger partial charge in [-0.3, -0.25) is 4.79 Å². The van der Waals surface area contributed by atoms with Gasteiger partial charge in [0.05, 0.1) is 11.1 Å². The van der Waals surface area contributed by atoms with E-state index in [1.807, 2.05) is 36.4 Å². The van der Waals surface area contributed by atoms with E-state index in [1.54, 1.807) is 0 Å². The SMILES string of the molecule is N#Cc1c[nH]cc1C(=O)NCc1ccccc1. The van der Waals surface area contributed by atoms with Gasteiger partial charge in [0.15, 0.2) is 0 Å². The summed E-state index contributed by atoms with van der Waals surface area (Å²) in [6.07, 6.45) is 3.04. The molecule has 2 rings (SSSR count). The van der Waals surface area contributed by atoms with E-state index in [4.69, 9.17) is 5.26 Å². The van der Waals surface area contributed by atoms with Gasteiger partial charge in [-0.05, 0) is 5.56 Å². The van der Waals surface area contributed by atoms with Gasteiger partial charge in [0.25, 0.3) is 5.91 Å². The van der Waals surface area contributed by atoms with Crippen LogP contribution in [0.3, 0.4) is 0 Å². The summed E-state index contributed by atoms with van der Waals surface area (Å²) in [7, 11) is 0. The minimum atomic E-state index is -0.244. The predicted octanol–water partition coefficient (Wildman–Crippen LogP) is 1.82. The lowest BCUT2D eigenvalue weighted by atomic mass is 10.2. The summed E-state index contributed by atoms with van der Waals surface area (Å²) in [5, 5.41) is 11.6. The Hall–Kier alpha value is -2.54. The minimum Gasteiger partial charge on any atom is -0.366 e. The van der Waals surface area contributed by atoms with Gasteiger partial charge in [-0.1, -0.05) is 30.3 Å². The number of H-pyrrole nitrogens is 1. The van der Waals surface area contributed by atoms with Crippen LogP contribution in [-0.2, 0) is 6.54 Å². The monoisotopic (exact) mass is 225 g/mol. The van der Waals surface area contributed by atoms with Gasteiger partial charge in [-0.2, -0.15) is 5.26 Å². The lowest BCUT2D eigenvalue weighted by molar-refractivity contribution is 0.0951. The molecule has 2 aromatic rings. The molecule has 1 amide bonds. The summed E-state index contributed by atoms with van der Waals surface area (Å²) in [5.41, 5.74) is 1.76. The molecule has 0 unspecified atom stereocenters. The van der Waals surface area contributed by atoms with Crippen molar-refractivity contribution in [1.82, 2.24) is 10.3 Å². The first-order valence-electron chi connectivity index (χ1n) is 5.20. The molecule has 84 valence electrons. The molecule has 4 nitrogen and oxygen atoms in total. The standard InChI is InChI=1S/C13H11N3O/c14-6-11-8-15-9-12(11)13(17)16-7-10-4-2-1-3-5-10/h1-5,8-9,15H,7H2,(H,16,17). The number of carbonyl (C=O) groups is 1. The van der Waals surface area contributed by atoms with E-state index >= 15 is 0 Å². The van der Waals surface area contributed by atoms with Crippen molar-refractivity contribution in [3.05, 3.63) is 59.4 Å². The number of nitrogens with one attached hydrogen (secondary N) is 2. The van der Waals surface area contributed by atoms with Crippen molar-refractivity contribution in [1.29, 1.82) is 5.26 Å². The molecule has 1 heterocycles. The molecule has 0 saturated carbocycles. The summed E-state index contributed by atoms with van der Waals surface area (Å²) in [6, 6.07) is 11.6. The quantitative estimate of drug-likeness (QED) is 0.836. The van der Waals surface area contributed by atoms with E-state index < -0.39 is 0 Å². The van der Waals surface area contributed by atoms with Gasteiger partial charge in [-0.15, -0.1) is 0 Å². The maximum atomic E-state index is 11.8. The second kappa shape index (κ2) is 4.99. The third-order valence-corrected chi connectivity index (χ3v) is 2.41. The fraction of sp³-hybridized carbons (Fsp3) is 0.0769. The summed E-state index contributed by atoms with van der Waals surface area (Å²) in [4.78, 5) is 14.5. The van der Waals surface area contributed by atoms with Crippen molar-refractivity contribution in [2.75, 3.05) is 0 Å². The van der Waals surface area contributed by atoms with Gasteiger partial charge < -0.3 is 10.3 Å². The Balaban J connectivity index is 2.02. The molecule has 0 radical (unpaired) electrons. The maximum Gasteiger partial charge on any atom is 0.254 e. The smallest absolute Gasteiger partial charge is 0.254 e. The van der Waals surface area contributed by atoms with Gasteiger partial charge in [0.1, 0.15) is 6.07 Å². The van der Waals surface area contributed by atoms with Crippen molar-refractivity contribution in [2.45, 2.75) is 6.54 Å². The average molecular weight is 225 g/mol. The maximum absolute atomic E-state index is 11.8. The van der Waals surface area contributed by atoms with E-state index in [-0.39, 0.29) is 5.91 Å². The first-order valence-corrected chi connectivity index (χ1v) is 5.20. The van der Waals surface area contributed by atoms with Gasteiger partial charge in [-0.25, -0.2) is 0 Å². The number of amides is 1. The number of hydrogen-bond acceptors (Lipinski definition) is 2. The second-order valence-electron chi connectivity index (χ2n) is 3.56. The van der Waals surface area contributed by atoms with Crippen LogP contribution in [-0.4, -0.2) is 10.9 Å². The Bertz CT molecular complexity index is 552. The largest absolute Gasteiger partial charge is 0.366 e. The number of nitriles is 1. The van der Waals surface area contributed by atoms with Crippen molar-refractivity contribution < 1.29 is 4.79 Å². The molecule has 17 heavy (non-hydrogen) atoms. The number of rotatable bonds is 3. The average Bonchev–Trinajstić information content (AvgIpc) is 2.85. The zero-order chi connectivity index (χ0) is 12.1. The van der Waals surface area contributed by atoms with E-state index in [0.717, 1.165) is 5.56 Å². The van der Waals surface area contributed by atoms with E-state index in [9.17, 15) is 4.79 Å². The minimum absolute atomic E-state index is 0.244. The van der Waals surface area contributed by atoms with Crippen LogP contribution in [0.5, 0.6) is 0 Å². The molecule has 4 heteroatoms. The molecule has 1 aromatic heterocycles. The molecule has 2 N–H and O–H groups in total. The van der Waals surface area contributed by atoms with Crippen LogP contribution in [0.1, 0.15) is 21.5 Å². The number of nitrogens with zero attached hydrogens (tertiary/aromatic N) is 1. The Labute approximate surface area is 98.9 Å². The topological polar surface area (TPSA) is 68.7 Å². The number of benzene rings is 1. The zero-order valence-corrected chi connectivity index (χ0v) is 9.10. The highest BCUT2D eigenvalue weighted by Crippen LogP contribution is 2.06. The van der Waals surface area contributed by atoms with Gasteiger partial charge in [0.2, 0.25) is 0 Å². The van der Waals surface area contributed by atoms with Crippen LogP contribution in [0.25, 0.3) is 0 Å². The Kier molecular flexibility index (Phi) is 3.22. The first-order chi connectivity index (χ1) is 8.31. The zero-order valence-electron chi connectivity index (χ0n) is 9.10. The molecule has 0 atom stereocenters. The molecular formula is C13H11N3O. The number of aromatic amines is 1. The molecule has 0 bridgehead atoms. The Morgan fingerprint density at radius 1 is 1.29 bits per heavy atom. The van der Waals surface area contributed by atoms with Gasteiger partial charge in [0, 0.05) is 18.9 Å². The van der Waals surface area contributed by atoms with Crippen molar-refractivity contribution in [3.63, 3.8) is 0 Å². The van der Waals surface area contributed by atoms with Crippen LogP contribution >= 0.6 is 0 Å². The van der Waals surface area contributed by atoms with E-state index in [1.165, 1.54) is 12.4 Å². The number of aromatic nitrogens is 1. The molecule has 0 aliphatic rings. The van der Waals surface area contributed by atoms with Crippen LogP contribution in [0, 0.1) is 11.3 Å². The molecule has 1 aromatic carbocycles. The summed E-state index contributed by atoms with van der Waals surface area (Å²) < 4.78 is 0. The van der Waals surface area contributed by atoms with Crippen LogP contribution in [0.2, 0.25) is 0 Å². The second-order valence-corrected chi connectivity index (χ2v) is 3.56. The predicted molar refractivity (Wildman–Crippen MR) is 63.1 cm³/mol. The number of hydrogen-bond donors (Lipinski definition) is 2. The van der Waals surface area contributed by atoms with Crippen LogP contribution < -0.4 is 5.32 Å². The third kappa shape index (κ3) is 2.52. The van der Waals surface area contributed by atoms with Crippen LogP contribution in [0.15, 0.2) is 42.7 Å². The lowest BCUT2D eigenvalue weighted by Crippen LogP contribution is -2.22. The van der Waals surface area contributed by atoms with E-state index in [0.29, 0.717) is 17.7 Å².